The summed E-state index contributed by atoms with van der Waals surface area (Å²) in [6.07, 6.45) is 5.76. The molecule has 0 atom stereocenters. The minimum Gasteiger partial charge on any atom is -0.305 e. The van der Waals surface area contributed by atoms with E-state index in [4.69, 9.17) is 0 Å². The Kier molecular flexibility index (Phi) is 2.26. The van der Waals surface area contributed by atoms with Gasteiger partial charge in [0.1, 0.15) is 11.3 Å². The molecule has 20 heavy (non-hydrogen) atoms. The molecule has 0 amide bonds. The van der Waals surface area contributed by atoms with Gasteiger partial charge in [-0.2, -0.15) is 0 Å². The van der Waals surface area contributed by atoms with Crippen molar-refractivity contribution >= 4 is 11.0 Å². The van der Waals surface area contributed by atoms with Gasteiger partial charge >= 0.3 is 5.69 Å². The number of fused-ring (bicyclic) bond motifs is 1. The molecule has 1 aliphatic rings. The summed E-state index contributed by atoms with van der Waals surface area (Å²) >= 11 is 0. The van der Waals surface area contributed by atoms with Crippen LogP contribution in [0.15, 0.2) is 29.3 Å². The number of nitrogens with one attached hydrogen (secondary N) is 2. The summed E-state index contributed by atoms with van der Waals surface area (Å²) in [5.41, 5.74) is 2.43. The van der Waals surface area contributed by atoms with Crippen molar-refractivity contribution in [3.63, 3.8) is 0 Å². The van der Waals surface area contributed by atoms with Crippen molar-refractivity contribution in [2.75, 3.05) is 0 Å². The second kappa shape index (κ2) is 4.00. The summed E-state index contributed by atoms with van der Waals surface area (Å²) in [5, 5.41) is 0. The first-order valence-electron chi connectivity index (χ1n) is 6.45. The van der Waals surface area contributed by atoms with Crippen LogP contribution in [-0.2, 0) is 0 Å². The summed E-state index contributed by atoms with van der Waals surface area (Å²) in [7, 11) is 0. The highest BCUT2D eigenvalue weighted by Crippen LogP contribution is 2.38. The molecular formula is C14H11FN4O. The van der Waals surface area contributed by atoms with Gasteiger partial charge in [0.05, 0.1) is 23.1 Å². The van der Waals surface area contributed by atoms with Crippen molar-refractivity contribution < 1.29 is 4.39 Å². The van der Waals surface area contributed by atoms with Crippen LogP contribution in [0.4, 0.5) is 4.39 Å². The number of aromatic nitrogens is 4. The SMILES string of the molecule is O=c1[nH]c2c(F)ccc(-c3cnc(C4CC4)cn3)c2[nH]1. The minimum absolute atomic E-state index is 0.167. The van der Waals surface area contributed by atoms with Crippen LogP contribution in [0, 0.1) is 5.82 Å². The molecule has 0 aliphatic heterocycles. The van der Waals surface area contributed by atoms with E-state index in [1.165, 1.54) is 18.9 Å². The van der Waals surface area contributed by atoms with Gasteiger partial charge in [0.15, 0.2) is 0 Å². The second-order valence-electron chi connectivity index (χ2n) is 5.02. The number of hydrogen-bond acceptors (Lipinski definition) is 3. The highest BCUT2D eigenvalue weighted by atomic mass is 19.1. The molecule has 0 bridgehead atoms. The lowest BCUT2D eigenvalue weighted by Crippen LogP contribution is -1.99. The third kappa shape index (κ3) is 1.72. The normalized spacial score (nSPS) is 14.8. The van der Waals surface area contributed by atoms with Gasteiger partial charge in [-0.05, 0) is 25.0 Å². The zero-order chi connectivity index (χ0) is 13.7. The van der Waals surface area contributed by atoms with E-state index in [-0.39, 0.29) is 5.52 Å². The Hall–Kier alpha value is -2.50. The van der Waals surface area contributed by atoms with Gasteiger partial charge < -0.3 is 9.97 Å². The third-order valence-electron chi connectivity index (χ3n) is 3.57. The zero-order valence-corrected chi connectivity index (χ0v) is 10.5. The highest BCUT2D eigenvalue weighted by molar-refractivity contribution is 5.90. The number of nitrogens with zero attached hydrogens (tertiary/aromatic N) is 2. The molecule has 1 aliphatic carbocycles. The van der Waals surface area contributed by atoms with Gasteiger partial charge in [-0.1, -0.05) is 0 Å². The van der Waals surface area contributed by atoms with E-state index < -0.39 is 11.5 Å². The van der Waals surface area contributed by atoms with E-state index in [2.05, 4.69) is 19.9 Å². The van der Waals surface area contributed by atoms with Crippen LogP contribution in [0.1, 0.15) is 24.5 Å². The predicted octanol–water partition coefficient (Wildman–Crippen LogP) is 2.33. The number of hydrogen-bond donors (Lipinski definition) is 2. The van der Waals surface area contributed by atoms with Gasteiger partial charge in [0, 0.05) is 17.7 Å². The lowest BCUT2D eigenvalue weighted by Gasteiger charge is -2.04. The fraction of sp³-hybridized carbons (Fsp3) is 0.214. The minimum atomic E-state index is -0.468. The molecule has 0 unspecified atom stereocenters. The van der Waals surface area contributed by atoms with Crippen LogP contribution in [0.5, 0.6) is 0 Å². The second-order valence-corrected chi connectivity index (χ2v) is 5.02. The smallest absolute Gasteiger partial charge is 0.305 e. The zero-order valence-electron chi connectivity index (χ0n) is 10.5. The monoisotopic (exact) mass is 270 g/mol. The predicted molar refractivity (Wildman–Crippen MR) is 71.9 cm³/mol. The maximum absolute atomic E-state index is 13.6. The van der Waals surface area contributed by atoms with Crippen LogP contribution in [0.2, 0.25) is 0 Å². The molecule has 1 aromatic carbocycles. The van der Waals surface area contributed by atoms with Gasteiger partial charge in [0.25, 0.3) is 0 Å². The first-order valence-corrected chi connectivity index (χ1v) is 6.45. The Morgan fingerprint density at radius 3 is 2.60 bits per heavy atom. The summed E-state index contributed by atoms with van der Waals surface area (Å²) in [6.45, 7) is 0. The molecule has 4 rings (SSSR count). The Labute approximate surface area is 112 Å². The van der Waals surface area contributed by atoms with Gasteiger partial charge in [-0.3, -0.25) is 9.97 Å². The number of benzene rings is 1. The van der Waals surface area contributed by atoms with Crippen molar-refractivity contribution in [2.24, 2.45) is 0 Å². The Morgan fingerprint density at radius 1 is 1.10 bits per heavy atom. The topological polar surface area (TPSA) is 74.4 Å². The maximum Gasteiger partial charge on any atom is 0.323 e. The standard InChI is InChI=1S/C14H11FN4O/c15-9-4-3-8(12-13(9)19-14(20)18-12)11-6-16-10(5-17-11)7-1-2-7/h3-7H,1-2H2,(H2,18,19,20). The van der Waals surface area contributed by atoms with E-state index in [0.29, 0.717) is 22.7 Å². The van der Waals surface area contributed by atoms with Crippen LogP contribution in [0.3, 0.4) is 0 Å². The van der Waals surface area contributed by atoms with Gasteiger partial charge in [-0.25, -0.2) is 9.18 Å². The molecule has 1 saturated carbocycles. The number of imidazole rings is 1. The Morgan fingerprint density at radius 2 is 1.90 bits per heavy atom. The molecule has 1 fully saturated rings. The van der Waals surface area contributed by atoms with Gasteiger partial charge in [0.2, 0.25) is 0 Å². The fourth-order valence-electron chi connectivity index (χ4n) is 2.37. The van der Waals surface area contributed by atoms with E-state index in [1.807, 2.05) is 0 Å². The molecule has 0 radical (unpaired) electrons. The van der Waals surface area contributed by atoms with Crippen LogP contribution in [-0.4, -0.2) is 19.9 Å². The number of halogens is 1. The van der Waals surface area contributed by atoms with Crippen molar-refractivity contribution in [1.82, 2.24) is 19.9 Å². The molecule has 0 spiro atoms. The lowest BCUT2D eigenvalue weighted by molar-refractivity contribution is 0.637. The third-order valence-corrected chi connectivity index (χ3v) is 3.57. The maximum atomic E-state index is 13.6. The average Bonchev–Trinajstić information content (AvgIpc) is 3.22. The quantitative estimate of drug-likeness (QED) is 0.750. The van der Waals surface area contributed by atoms with Crippen molar-refractivity contribution in [3.05, 3.63) is 46.5 Å². The fourth-order valence-corrected chi connectivity index (χ4v) is 2.37. The lowest BCUT2D eigenvalue weighted by atomic mass is 10.1. The van der Waals surface area contributed by atoms with Crippen LogP contribution < -0.4 is 5.69 Å². The van der Waals surface area contributed by atoms with Gasteiger partial charge in [-0.15, -0.1) is 0 Å². The van der Waals surface area contributed by atoms with Crippen molar-refractivity contribution in [1.29, 1.82) is 0 Å². The first-order chi connectivity index (χ1) is 9.72. The van der Waals surface area contributed by atoms with E-state index in [0.717, 1.165) is 5.69 Å². The Balaban J connectivity index is 1.88. The molecule has 5 nitrogen and oxygen atoms in total. The summed E-state index contributed by atoms with van der Waals surface area (Å²) in [5.74, 6) is 0.0708. The molecule has 2 N–H and O–H groups in total. The molecular weight excluding hydrogens is 259 g/mol. The molecule has 3 aromatic rings. The number of H-pyrrole nitrogens is 2. The Bertz CT molecular complexity index is 846. The van der Waals surface area contributed by atoms with E-state index in [9.17, 15) is 9.18 Å². The number of aromatic amines is 2. The average molecular weight is 270 g/mol. The summed E-state index contributed by atoms with van der Waals surface area (Å²) in [4.78, 5) is 25.2. The van der Waals surface area contributed by atoms with Crippen LogP contribution >= 0.6 is 0 Å². The van der Waals surface area contributed by atoms with Crippen molar-refractivity contribution in [3.8, 4) is 11.3 Å². The number of rotatable bonds is 2. The van der Waals surface area contributed by atoms with E-state index >= 15 is 0 Å². The highest BCUT2D eigenvalue weighted by Gasteiger charge is 2.25. The summed E-state index contributed by atoms with van der Waals surface area (Å²) in [6, 6.07) is 2.92. The molecule has 0 saturated heterocycles. The van der Waals surface area contributed by atoms with Crippen LogP contribution in [0.25, 0.3) is 22.3 Å². The largest absolute Gasteiger partial charge is 0.323 e. The molecule has 2 heterocycles. The molecule has 6 heteroatoms. The van der Waals surface area contributed by atoms with Crippen molar-refractivity contribution in [2.45, 2.75) is 18.8 Å². The first kappa shape index (κ1) is 11.3. The van der Waals surface area contributed by atoms with E-state index in [1.54, 1.807) is 18.5 Å². The summed E-state index contributed by atoms with van der Waals surface area (Å²) < 4.78 is 13.6. The molecule has 2 aromatic heterocycles. The molecule has 100 valence electrons.